The fraction of sp³-hybridized carbons (Fsp3) is 0.182. The number of anilines is 1. The van der Waals surface area contributed by atoms with E-state index in [0.29, 0.717) is 23.0 Å². The lowest BCUT2D eigenvalue weighted by Gasteiger charge is -2.25. The third-order valence-corrected chi connectivity index (χ3v) is 6.14. The smallest absolute Gasteiger partial charge is 0.262 e. The summed E-state index contributed by atoms with van der Waals surface area (Å²) in [5.41, 5.74) is 2.85. The molecule has 0 aliphatic rings. The summed E-state index contributed by atoms with van der Waals surface area (Å²) in [7, 11) is -3.65. The van der Waals surface area contributed by atoms with Gasteiger partial charge in [-0.25, -0.2) is 8.42 Å². The summed E-state index contributed by atoms with van der Waals surface area (Å²) < 4.78 is 27.9. The van der Waals surface area contributed by atoms with Gasteiger partial charge in [0.05, 0.1) is 17.1 Å². The highest BCUT2D eigenvalue weighted by Crippen LogP contribution is 2.26. The van der Waals surface area contributed by atoms with Crippen LogP contribution in [0.1, 0.15) is 30.9 Å². The highest BCUT2D eigenvalue weighted by atomic mass is 32.2. The summed E-state index contributed by atoms with van der Waals surface area (Å²) in [5, 5.41) is 0. The van der Waals surface area contributed by atoms with Crippen LogP contribution in [0, 0.1) is 0 Å². The molecule has 3 nitrogen and oxygen atoms in total. The average Bonchev–Trinajstić information content (AvgIpc) is 2.67. The topological polar surface area (TPSA) is 37.4 Å². The molecule has 0 spiro atoms. The van der Waals surface area contributed by atoms with Gasteiger partial charge in [-0.15, -0.1) is 0 Å². The molecule has 0 unspecified atom stereocenters. The number of rotatable bonds is 6. The van der Waals surface area contributed by atoms with Crippen molar-refractivity contribution in [1.29, 1.82) is 0 Å². The molecule has 3 aromatic rings. The number of hydrogen-bond donors (Lipinski definition) is 0. The highest BCUT2D eigenvalue weighted by molar-refractivity contribution is 7.92. The molecule has 3 aromatic carbocycles. The van der Waals surface area contributed by atoms with Crippen molar-refractivity contribution in [1.82, 2.24) is 0 Å². The van der Waals surface area contributed by atoms with Gasteiger partial charge in [-0.3, -0.25) is 4.31 Å². The van der Waals surface area contributed by atoms with E-state index in [1.165, 1.54) is 9.87 Å². The van der Waals surface area contributed by atoms with E-state index in [1.807, 2.05) is 48.5 Å². The van der Waals surface area contributed by atoms with Crippen molar-refractivity contribution in [3.63, 3.8) is 0 Å². The van der Waals surface area contributed by atoms with Crippen LogP contribution in [0.25, 0.3) is 0 Å². The SMILES string of the molecule is CC(C)c1ccc(CN(c2ccccc2)S(=O)(=O)c2ccccc2)cc1. The standard InChI is InChI=1S/C22H23NO2S/c1-18(2)20-15-13-19(14-16-20)17-23(21-9-5-3-6-10-21)26(24,25)22-11-7-4-8-12-22/h3-16,18H,17H2,1-2H3. The lowest BCUT2D eigenvalue weighted by atomic mass is 10.0. The van der Waals surface area contributed by atoms with Gasteiger partial charge >= 0.3 is 0 Å². The van der Waals surface area contributed by atoms with E-state index in [9.17, 15) is 8.42 Å². The first-order valence-electron chi connectivity index (χ1n) is 8.70. The van der Waals surface area contributed by atoms with Crippen molar-refractivity contribution in [2.24, 2.45) is 0 Å². The third-order valence-electron chi connectivity index (χ3n) is 4.35. The minimum Gasteiger partial charge on any atom is -0.262 e. The molecule has 4 heteroatoms. The predicted octanol–water partition coefficient (Wildman–Crippen LogP) is 5.21. The molecule has 0 bridgehead atoms. The zero-order valence-corrected chi connectivity index (χ0v) is 15.9. The quantitative estimate of drug-likeness (QED) is 0.602. The normalized spacial score (nSPS) is 11.5. The minimum absolute atomic E-state index is 0.291. The Morgan fingerprint density at radius 1 is 0.769 bits per heavy atom. The Morgan fingerprint density at radius 3 is 1.85 bits per heavy atom. The summed E-state index contributed by atoms with van der Waals surface area (Å²) in [6.45, 7) is 4.58. The Bertz CT molecular complexity index is 934. The Labute approximate surface area is 156 Å². The van der Waals surface area contributed by atoms with Crippen molar-refractivity contribution in [3.05, 3.63) is 96.1 Å². The molecule has 0 amide bonds. The van der Waals surface area contributed by atoms with E-state index >= 15 is 0 Å². The Kier molecular flexibility index (Phi) is 5.43. The van der Waals surface area contributed by atoms with Crippen LogP contribution in [-0.4, -0.2) is 8.42 Å². The molecule has 0 saturated heterocycles. The molecule has 0 atom stereocenters. The van der Waals surface area contributed by atoms with E-state index in [1.54, 1.807) is 24.3 Å². The first-order chi connectivity index (χ1) is 12.5. The molecule has 0 fully saturated rings. The number of nitrogens with zero attached hydrogens (tertiary/aromatic N) is 1. The van der Waals surface area contributed by atoms with Gasteiger partial charge in [0, 0.05) is 0 Å². The lowest BCUT2D eigenvalue weighted by molar-refractivity contribution is 0.590. The van der Waals surface area contributed by atoms with Crippen LogP contribution in [-0.2, 0) is 16.6 Å². The lowest BCUT2D eigenvalue weighted by Crippen LogP contribution is -2.30. The van der Waals surface area contributed by atoms with Crippen LogP contribution in [0.5, 0.6) is 0 Å². The molecule has 26 heavy (non-hydrogen) atoms. The van der Waals surface area contributed by atoms with Gasteiger partial charge in [0.15, 0.2) is 0 Å². The van der Waals surface area contributed by atoms with Crippen molar-refractivity contribution >= 4 is 15.7 Å². The summed E-state index contributed by atoms with van der Waals surface area (Å²) >= 11 is 0. The number of sulfonamides is 1. The molecule has 0 N–H and O–H groups in total. The molecular weight excluding hydrogens is 342 g/mol. The second-order valence-electron chi connectivity index (χ2n) is 6.56. The molecule has 0 aliphatic carbocycles. The van der Waals surface area contributed by atoms with Crippen LogP contribution < -0.4 is 4.31 Å². The molecule has 0 saturated carbocycles. The van der Waals surface area contributed by atoms with Crippen LogP contribution >= 0.6 is 0 Å². The van der Waals surface area contributed by atoms with Crippen molar-refractivity contribution < 1.29 is 8.42 Å². The predicted molar refractivity (Wildman–Crippen MR) is 107 cm³/mol. The molecule has 134 valence electrons. The van der Waals surface area contributed by atoms with E-state index in [4.69, 9.17) is 0 Å². The van der Waals surface area contributed by atoms with Gasteiger partial charge in [-0.05, 0) is 41.3 Å². The maximum absolute atomic E-state index is 13.2. The second-order valence-corrected chi connectivity index (χ2v) is 8.42. The van der Waals surface area contributed by atoms with Gasteiger partial charge in [0.25, 0.3) is 10.0 Å². The Morgan fingerprint density at radius 2 is 1.31 bits per heavy atom. The minimum atomic E-state index is -3.65. The molecule has 0 aromatic heterocycles. The number of para-hydroxylation sites is 1. The van der Waals surface area contributed by atoms with E-state index < -0.39 is 10.0 Å². The summed E-state index contributed by atoms with van der Waals surface area (Å²) in [6, 6.07) is 25.9. The van der Waals surface area contributed by atoms with Crippen LogP contribution in [0.15, 0.2) is 89.8 Å². The maximum Gasteiger partial charge on any atom is 0.264 e. The maximum atomic E-state index is 13.2. The van der Waals surface area contributed by atoms with Crippen LogP contribution in [0.4, 0.5) is 5.69 Å². The van der Waals surface area contributed by atoms with Crippen LogP contribution in [0.2, 0.25) is 0 Å². The fourth-order valence-corrected chi connectivity index (χ4v) is 4.28. The van der Waals surface area contributed by atoms with Gasteiger partial charge in [0.1, 0.15) is 0 Å². The van der Waals surface area contributed by atoms with Gasteiger partial charge in [0.2, 0.25) is 0 Å². The molecule has 3 rings (SSSR count). The first-order valence-corrected chi connectivity index (χ1v) is 10.1. The van der Waals surface area contributed by atoms with E-state index in [0.717, 1.165) is 5.56 Å². The zero-order chi connectivity index (χ0) is 18.6. The molecular formula is C22H23NO2S. The monoisotopic (exact) mass is 365 g/mol. The Hall–Kier alpha value is -2.59. The van der Waals surface area contributed by atoms with Crippen LogP contribution in [0.3, 0.4) is 0 Å². The average molecular weight is 365 g/mol. The van der Waals surface area contributed by atoms with Crippen molar-refractivity contribution in [3.8, 4) is 0 Å². The fourth-order valence-electron chi connectivity index (χ4n) is 2.80. The van der Waals surface area contributed by atoms with Gasteiger partial charge in [-0.2, -0.15) is 0 Å². The molecule has 0 radical (unpaired) electrons. The zero-order valence-electron chi connectivity index (χ0n) is 15.0. The van der Waals surface area contributed by atoms with Gasteiger partial charge in [-0.1, -0.05) is 74.5 Å². The van der Waals surface area contributed by atoms with Crippen molar-refractivity contribution in [2.75, 3.05) is 4.31 Å². The molecule has 0 heterocycles. The summed E-state index contributed by atoms with van der Waals surface area (Å²) in [5.74, 6) is 0.447. The largest absolute Gasteiger partial charge is 0.264 e. The third kappa shape index (κ3) is 3.97. The molecule has 0 aliphatic heterocycles. The summed E-state index contributed by atoms with van der Waals surface area (Å²) in [6.07, 6.45) is 0. The second kappa shape index (κ2) is 7.75. The van der Waals surface area contributed by atoms with Crippen molar-refractivity contribution in [2.45, 2.75) is 31.2 Å². The summed E-state index contributed by atoms with van der Waals surface area (Å²) in [4.78, 5) is 0.294. The Balaban J connectivity index is 1.99. The van der Waals surface area contributed by atoms with Gasteiger partial charge < -0.3 is 0 Å². The van der Waals surface area contributed by atoms with E-state index in [2.05, 4.69) is 26.0 Å². The first kappa shape index (κ1) is 18.2. The number of benzene rings is 3. The number of hydrogen-bond acceptors (Lipinski definition) is 2. The highest BCUT2D eigenvalue weighted by Gasteiger charge is 2.24. The van der Waals surface area contributed by atoms with E-state index in [-0.39, 0.29) is 0 Å².